The molecule has 0 fully saturated rings. The van der Waals surface area contributed by atoms with Gasteiger partial charge in [-0.15, -0.1) is 11.8 Å². The van der Waals surface area contributed by atoms with E-state index in [4.69, 9.17) is 9.47 Å². The predicted molar refractivity (Wildman–Crippen MR) is 79.6 cm³/mol. The van der Waals surface area contributed by atoms with Crippen LogP contribution >= 0.6 is 11.8 Å². The molecule has 0 saturated carbocycles. The van der Waals surface area contributed by atoms with Gasteiger partial charge in [0.05, 0.1) is 21.3 Å². The van der Waals surface area contributed by atoms with Gasteiger partial charge in [-0.25, -0.2) is 0 Å². The number of thioether (sulfide) groups is 1. The molecule has 20 heavy (non-hydrogen) atoms. The second-order valence-corrected chi connectivity index (χ2v) is 4.99. The minimum Gasteiger partial charge on any atom is -0.493 e. The first-order valence-corrected chi connectivity index (χ1v) is 7.39. The zero-order valence-corrected chi connectivity index (χ0v) is 13.3. The Labute approximate surface area is 124 Å². The van der Waals surface area contributed by atoms with Crippen molar-refractivity contribution in [3.05, 3.63) is 17.7 Å². The van der Waals surface area contributed by atoms with Crippen LogP contribution in [0, 0.1) is 0 Å². The van der Waals surface area contributed by atoms with Crippen molar-refractivity contribution in [2.45, 2.75) is 24.4 Å². The van der Waals surface area contributed by atoms with E-state index in [1.165, 1.54) is 7.11 Å². The van der Waals surface area contributed by atoms with Crippen LogP contribution in [-0.4, -0.2) is 39.6 Å². The number of carbonyl (C=O) groups excluding carboxylic acids is 1. The Morgan fingerprint density at radius 3 is 2.35 bits per heavy atom. The summed E-state index contributed by atoms with van der Waals surface area (Å²) >= 11 is 1.62. The van der Waals surface area contributed by atoms with Crippen molar-refractivity contribution in [3.8, 4) is 11.5 Å². The fraction of sp³-hybridized carbons (Fsp3) is 0.500. The van der Waals surface area contributed by atoms with Gasteiger partial charge < -0.3 is 19.5 Å². The fourth-order valence-corrected chi connectivity index (χ4v) is 2.37. The molecule has 0 aliphatic carbocycles. The summed E-state index contributed by atoms with van der Waals surface area (Å²) in [4.78, 5) is 12.5. The van der Waals surface area contributed by atoms with Gasteiger partial charge in [0.1, 0.15) is 6.04 Å². The summed E-state index contributed by atoms with van der Waals surface area (Å²) in [6, 6.07) is 3.49. The Bertz CT molecular complexity index is 465. The lowest BCUT2D eigenvalue weighted by molar-refractivity contribution is -0.142. The summed E-state index contributed by atoms with van der Waals surface area (Å²) in [5.41, 5.74) is 1.05. The van der Waals surface area contributed by atoms with Gasteiger partial charge in [-0.1, -0.05) is 0 Å². The summed E-state index contributed by atoms with van der Waals surface area (Å²) in [5.74, 6) is 1.09. The van der Waals surface area contributed by atoms with E-state index >= 15 is 0 Å². The first-order chi connectivity index (χ1) is 9.57. The molecule has 0 bridgehead atoms. The van der Waals surface area contributed by atoms with Gasteiger partial charge in [0, 0.05) is 11.4 Å². The van der Waals surface area contributed by atoms with Crippen LogP contribution in [0.1, 0.15) is 12.5 Å². The van der Waals surface area contributed by atoms with Crippen LogP contribution in [0.15, 0.2) is 17.0 Å². The molecule has 5 nitrogen and oxygen atoms in total. The zero-order chi connectivity index (χ0) is 15.1. The Kier molecular flexibility index (Phi) is 6.67. The molecule has 1 aromatic rings. The van der Waals surface area contributed by atoms with E-state index in [0.717, 1.165) is 10.5 Å². The van der Waals surface area contributed by atoms with Gasteiger partial charge >= 0.3 is 5.97 Å². The van der Waals surface area contributed by atoms with Crippen molar-refractivity contribution in [2.75, 3.05) is 27.6 Å². The number of nitrogens with one attached hydrogen (secondary N) is 1. The van der Waals surface area contributed by atoms with Crippen molar-refractivity contribution in [1.82, 2.24) is 5.32 Å². The molecule has 0 aliphatic rings. The van der Waals surface area contributed by atoms with Gasteiger partial charge in [0.15, 0.2) is 11.5 Å². The van der Waals surface area contributed by atoms with Crippen molar-refractivity contribution in [1.29, 1.82) is 0 Å². The normalized spacial score (nSPS) is 11.8. The maximum absolute atomic E-state index is 11.4. The Balaban J connectivity index is 2.90. The molecule has 1 N–H and O–H groups in total. The van der Waals surface area contributed by atoms with Crippen LogP contribution in [0.4, 0.5) is 0 Å². The highest BCUT2D eigenvalue weighted by atomic mass is 32.2. The number of methoxy groups -OCH3 is 3. The Morgan fingerprint density at radius 2 is 1.85 bits per heavy atom. The van der Waals surface area contributed by atoms with Crippen molar-refractivity contribution < 1.29 is 19.0 Å². The largest absolute Gasteiger partial charge is 0.493 e. The van der Waals surface area contributed by atoms with E-state index in [1.54, 1.807) is 32.9 Å². The molecule has 0 saturated heterocycles. The zero-order valence-electron chi connectivity index (χ0n) is 12.5. The van der Waals surface area contributed by atoms with Crippen LogP contribution < -0.4 is 14.8 Å². The molecule has 6 heteroatoms. The molecule has 0 aliphatic heterocycles. The lowest BCUT2D eigenvalue weighted by Gasteiger charge is -2.16. The molecule has 1 atom stereocenters. The quantitative estimate of drug-likeness (QED) is 0.614. The number of ether oxygens (including phenoxy) is 3. The number of hydrogen-bond donors (Lipinski definition) is 1. The number of hydrogen-bond acceptors (Lipinski definition) is 6. The fourth-order valence-electron chi connectivity index (χ4n) is 1.75. The van der Waals surface area contributed by atoms with Crippen LogP contribution in [0.5, 0.6) is 11.5 Å². The molecule has 1 aromatic carbocycles. The van der Waals surface area contributed by atoms with E-state index < -0.39 is 0 Å². The summed E-state index contributed by atoms with van der Waals surface area (Å²) < 4.78 is 15.3. The van der Waals surface area contributed by atoms with Crippen LogP contribution in [0.25, 0.3) is 0 Å². The van der Waals surface area contributed by atoms with Crippen LogP contribution in [0.3, 0.4) is 0 Å². The number of carbonyl (C=O) groups is 1. The predicted octanol–water partition coefficient (Wildman–Crippen LogP) is 2.08. The third-order valence-corrected chi connectivity index (χ3v) is 3.76. The van der Waals surface area contributed by atoms with Gasteiger partial charge in [0.2, 0.25) is 0 Å². The van der Waals surface area contributed by atoms with Crippen molar-refractivity contribution in [3.63, 3.8) is 0 Å². The van der Waals surface area contributed by atoms with Gasteiger partial charge in [0.25, 0.3) is 0 Å². The van der Waals surface area contributed by atoms with Crippen molar-refractivity contribution in [2.24, 2.45) is 0 Å². The standard InChI is InChI=1S/C14H21NO4S/c1-9(14(16)19-4)15-8-10-6-11(17-2)12(18-3)7-13(10)20-5/h6-7,9,15H,8H2,1-5H3/t9-/m0/s1. The highest BCUT2D eigenvalue weighted by molar-refractivity contribution is 7.98. The van der Waals surface area contributed by atoms with Gasteiger partial charge in [-0.05, 0) is 30.9 Å². The molecule has 0 aromatic heterocycles. The SMILES string of the molecule is COC(=O)[C@H](C)NCc1cc(OC)c(OC)cc1SC. The lowest BCUT2D eigenvalue weighted by atomic mass is 10.2. The van der Waals surface area contributed by atoms with Crippen LogP contribution in [0.2, 0.25) is 0 Å². The monoisotopic (exact) mass is 299 g/mol. The molecule has 0 amide bonds. The average molecular weight is 299 g/mol. The molecule has 0 radical (unpaired) electrons. The van der Waals surface area contributed by atoms with E-state index in [0.29, 0.717) is 18.0 Å². The van der Waals surface area contributed by atoms with E-state index in [9.17, 15) is 4.79 Å². The Hall–Kier alpha value is -1.40. The van der Waals surface area contributed by atoms with E-state index in [1.807, 2.05) is 18.4 Å². The minimum atomic E-state index is -0.359. The third-order valence-electron chi connectivity index (χ3n) is 2.94. The van der Waals surface area contributed by atoms with Gasteiger partial charge in [-0.3, -0.25) is 4.79 Å². The summed E-state index contributed by atoms with van der Waals surface area (Å²) in [6.07, 6.45) is 1.99. The lowest BCUT2D eigenvalue weighted by Crippen LogP contribution is -2.34. The number of rotatable bonds is 7. The smallest absolute Gasteiger partial charge is 0.322 e. The highest BCUT2D eigenvalue weighted by Crippen LogP contribution is 2.34. The maximum atomic E-state index is 11.4. The molecule has 1 rings (SSSR count). The molecule has 0 heterocycles. The third kappa shape index (κ3) is 4.05. The van der Waals surface area contributed by atoms with Crippen LogP contribution in [-0.2, 0) is 16.1 Å². The molecule has 0 unspecified atom stereocenters. The average Bonchev–Trinajstić information content (AvgIpc) is 2.50. The molecule has 0 spiro atoms. The second-order valence-electron chi connectivity index (χ2n) is 4.14. The number of esters is 1. The summed E-state index contributed by atoms with van der Waals surface area (Å²) in [6.45, 7) is 2.32. The molecular weight excluding hydrogens is 278 g/mol. The highest BCUT2D eigenvalue weighted by Gasteiger charge is 2.15. The minimum absolute atomic E-state index is 0.281. The van der Waals surface area contributed by atoms with Crippen molar-refractivity contribution >= 4 is 17.7 Å². The first kappa shape index (κ1) is 16.7. The topological polar surface area (TPSA) is 56.8 Å². The molecular formula is C14H21NO4S. The molecule has 112 valence electrons. The maximum Gasteiger partial charge on any atom is 0.322 e. The number of benzene rings is 1. The van der Waals surface area contributed by atoms with E-state index in [-0.39, 0.29) is 12.0 Å². The first-order valence-electron chi connectivity index (χ1n) is 6.17. The Morgan fingerprint density at radius 1 is 1.25 bits per heavy atom. The second kappa shape index (κ2) is 8.01. The summed E-state index contributed by atoms with van der Waals surface area (Å²) in [7, 11) is 4.59. The van der Waals surface area contributed by atoms with E-state index in [2.05, 4.69) is 10.1 Å². The van der Waals surface area contributed by atoms with Gasteiger partial charge in [-0.2, -0.15) is 0 Å². The summed E-state index contributed by atoms with van der Waals surface area (Å²) in [5, 5.41) is 3.13.